The molecular formula is C19H28IN. The molecule has 3 atom stereocenters. The highest BCUT2D eigenvalue weighted by molar-refractivity contribution is 14.1. The third-order valence-corrected chi connectivity index (χ3v) is 5.87. The van der Waals surface area contributed by atoms with Crippen molar-refractivity contribution in [1.29, 1.82) is 5.41 Å². The Morgan fingerprint density at radius 3 is 2.48 bits per heavy atom. The zero-order chi connectivity index (χ0) is 16.2. The molecule has 0 spiro atoms. The summed E-state index contributed by atoms with van der Waals surface area (Å²) in [7, 11) is 0. The van der Waals surface area contributed by atoms with Gasteiger partial charge in [0, 0.05) is 21.5 Å². The van der Waals surface area contributed by atoms with Crippen LogP contribution in [0.1, 0.15) is 46.5 Å². The van der Waals surface area contributed by atoms with Crippen molar-refractivity contribution in [2.75, 3.05) is 0 Å². The van der Waals surface area contributed by atoms with Crippen LogP contribution in [-0.4, -0.2) is 10.1 Å². The quantitative estimate of drug-likeness (QED) is 0.205. The summed E-state index contributed by atoms with van der Waals surface area (Å²) in [5.74, 6) is 0.435. The summed E-state index contributed by atoms with van der Waals surface area (Å²) in [5.41, 5.74) is 5.03. The van der Waals surface area contributed by atoms with Crippen molar-refractivity contribution in [3.63, 3.8) is 0 Å². The molecule has 0 saturated carbocycles. The molecule has 1 aliphatic carbocycles. The molecule has 0 fully saturated rings. The Morgan fingerprint density at radius 1 is 1.48 bits per heavy atom. The van der Waals surface area contributed by atoms with E-state index in [-0.39, 0.29) is 5.41 Å². The SMILES string of the molecule is C=CC(I)CC(C=N)(CC(=C)CC)C(=C)[C@@H]1CC(C)=C1C. The molecule has 0 bridgehead atoms. The van der Waals surface area contributed by atoms with Crippen LogP contribution < -0.4 is 0 Å². The second kappa shape index (κ2) is 7.57. The van der Waals surface area contributed by atoms with Gasteiger partial charge in [-0.25, -0.2) is 0 Å². The summed E-state index contributed by atoms with van der Waals surface area (Å²) < 4.78 is 0.344. The van der Waals surface area contributed by atoms with Gasteiger partial charge < -0.3 is 5.41 Å². The number of hydrogen-bond acceptors (Lipinski definition) is 1. The minimum absolute atomic E-state index is 0.278. The predicted octanol–water partition coefficient (Wildman–Crippen LogP) is 6.27. The lowest BCUT2D eigenvalue weighted by Gasteiger charge is -2.42. The Morgan fingerprint density at radius 2 is 2.10 bits per heavy atom. The highest BCUT2D eigenvalue weighted by Crippen LogP contribution is 2.49. The van der Waals surface area contributed by atoms with Gasteiger partial charge in [0.1, 0.15) is 0 Å². The van der Waals surface area contributed by atoms with Crippen molar-refractivity contribution in [2.24, 2.45) is 11.3 Å². The molecule has 0 heterocycles. The van der Waals surface area contributed by atoms with E-state index in [1.165, 1.54) is 22.3 Å². The number of nitrogens with one attached hydrogen (secondary N) is 1. The Hall–Kier alpha value is -0.640. The molecule has 2 unspecified atom stereocenters. The summed E-state index contributed by atoms with van der Waals surface area (Å²) in [6.07, 6.45) is 7.37. The number of rotatable bonds is 9. The molecule has 0 radical (unpaired) electrons. The molecule has 1 nitrogen and oxygen atoms in total. The summed E-state index contributed by atoms with van der Waals surface area (Å²) in [4.78, 5) is 0. The average molecular weight is 397 g/mol. The van der Waals surface area contributed by atoms with Crippen molar-refractivity contribution in [2.45, 2.75) is 50.4 Å². The fraction of sp³-hybridized carbons (Fsp3) is 0.526. The van der Waals surface area contributed by atoms with Gasteiger partial charge >= 0.3 is 0 Å². The topological polar surface area (TPSA) is 23.9 Å². The largest absolute Gasteiger partial charge is 0.312 e. The first-order valence-corrected chi connectivity index (χ1v) is 8.86. The van der Waals surface area contributed by atoms with Gasteiger partial charge in [0.15, 0.2) is 0 Å². The highest BCUT2D eigenvalue weighted by atomic mass is 127. The maximum atomic E-state index is 8.10. The van der Waals surface area contributed by atoms with Crippen LogP contribution in [0.15, 0.2) is 48.1 Å². The van der Waals surface area contributed by atoms with Gasteiger partial charge in [0.25, 0.3) is 0 Å². The van der Waals surface area contributed by atoms with Crippen LogP contribution in [0.5, 0.6) is 0 Å². The second-order valence-corrected chi connectivity index (χ2v) is 7.88. The van der Waals surface area contributed by atoms with E-state index in [1.807, 2.05) is 6.08 Å². The van der Waals surface area contributed by atoms with Crippen LogP contribution in [-0.2, 0) is 0 Å². The standard InChI is InChI=1S/C19H28IN/c1-7-13(3)10-19(12-21,11-17(20)8-2)16(6)18-9-14(4)15(18)5/h8,12,17-18,21H,2-3,6-7,9-11H2,1,4-5H3/t17?,18-,19?/m1/s1. The van der Waals surface area contributed by atoms with Gasteiger partial charge in [-0.2, -0.15) is 0 Å². The molecule has 21 heavy (non-hydrogen) atoms. The average Bonchev–Trinajstić information content (AvgIpc) is 2.50. The second-order valence-electron chi connectivity index (χ2n) is 6.28. The van der Waals surface area contributed by atoms with E-state index in [0.717, 1.165) is 25.7 Å². The smallest absolute Gasteiger partial charge is 0.0311 e. The monoisotopic (exact) mass is 397 g/mol. The molecule has 0 aromatic heterocycles. The van der Waals surface area contributed by atoms with Crippen molar-refractivity contribution in [1.82, 2.24) is 0 Å². The summed E-state index contributed by atoms with van der Waals surface area (Å²) in [6.45, 7) is 19.0. The van der Waals surface area contributed by atoms with Crippen molar-refractivity contribution >= 4 is 28.8 Å². The first-order valence-electron chi connectivity index (χ1n) is 7.61. The number of hydrogen-bond donors (Lipinski definition) is 1. The van der Waals surface area contributed by atoms with Crippen LogP contribution in [0.2, 0.25) is 0 Å². The van der Waals surface area contributed by atoms with Crippen LogP contribution in [0.25, 0.3) is 0 Å². The molecule has 116 valence electrons. The predicted molar refractivity (Wildman–Crippen MR) is 104 cm³/mol. The molecule has 1 rings (SSSR count). The molecule has 0 amide bonds. The van der Waals surface area contributed by atoms with E-state index in [4.69, 9.17) is 5.41 Å². The molecule has 0 saturated heterocycles. The minimum Gasteiger partial charge on any atom is -0.312 e. The van der Waals surface area contributed by atoms with Crippen molar-refractivity contribution < 1.29 is 0 Å². The third-order valence-electron chi connectivity index (χ3n) is 4.92. The molecule has 0 aromatic carbocycles. The van der Waals surface area contributed by atoms with Crippen molar-refractivity contribution in [3.05, 3.63) is 48.1 Å². The first kappa shape index (κ1) is 18.4. The number of alkyl halides is 1. The lowest BCUT2D eigenvalue weighted by molar-refractivity contribution is 0.409. The zero-order valence-electron chi connectivity index (χ0n) is 13.6. The Balaban J connectivity index is 3.10. The van der Waals surface area contributed by atoms with Gasteiger partial charge in [-0.15, -0.1) is 6.58 Å². The molecular weight excluding hydrogens is 369 g/mol. The Kier molecular flexibility index (Phi) is 6.64. The fourth-order valence-corrected chi connectivity index (χ4v) is 3.83. The zero-order valence-corrected chi connectivity index (χ0v) is 15.8. The van der Waals surface area contributed by atoms with E-state index in [1.54, 1.807) is 6.21 Å². The minimum atomic E-state index is -0.278. The fourth-order valence-electron chi connectivity index (χ4n) is 3.04. The van der Waals surface area contributed by atoms with Gasteiger partial charge in [-0.05, 0) is 39.5 Å². The third kappa shape index (κ3) is 3.97. The van der Waals surface area contributed by atoms with Gasteiger partial charge in [-0.3, -0.25) is 0 Å². The van der Waals surface area contributed by atoms with Crippen LogP contribution >= 0.6 is 22.6 Å². The Bertz CT molecular complexity index is 486. The maximum Gasteiger partial charge on any atom is 0.0311 e. The summed E-state index contributed by atoms with van der Waals surface area (Å²) in [5, 5.41) is 8.10. The molecule has 1 aliphatic rings. The lowest BCUT2D eigenvalue weighted by Crippen LogP contribution is -2.34. The van der Waals surface area contributed by atoms with E-state index in [2.05, 4.69) is 63.1 Å². The van der Waals surface area contributed by atoms with Crippen LogP contribution in [0, 0.1) is 16.7 Å². The normalized spacial score (nSPS) is 22.0. The summed E-state index contributed by atoms with van der Waals surface area (Å²) in [6, 6.07) is 0. The van der Waals surface area contributed by atoms with Gasteiger partial charge in [0.2, 0.25) is 0 Å². The van der Waals surface area contributed by atoms with Crippen LogP contribution in [0.3, 0.4) is 0 Å². The van der Waals surface area contributed by atoms with E-state index < -0.39 is 0 Å². The number of halogens is 1. The molecule has 1 N–H and O–H groups in total. The van der Waals surface area contributed by atoms with Gasteiger partial charge in [0.05, 0.1) is 0 Å². The van der Waals surface area contributed by atoms with E-state index in [0.29, 0.717) is 9.84 Å². The lowest BCUT2D eigenvalue weighted by atomic mass is 9.62. The molecule has 2 heteroatoms. The van der Waals surface area contributed by atoms with Crippen molar-refractivity contribution in [3.8, 4) is 0 Å². The van der Waals surface area contributed by atoms with Gasteiger partial charge in [-0.1, -0.05) is 71.0 Å². The van der Waals surface area contributed by atoms with E-state index >= 15 is 0 Å². The first-order chi connectivity index (χ1) is 9.81. The van der Waals surface area contributed by atoms with E-state index in [9.17, 15) is 0 Å². The maximum absolute atomic E-state index is 8.10. The molecule has 0 aliphatic heterocycles. The number of allylic oxidation sites excluding steroid dienone is 5. The molecule has 0 aromatic rings. The van der Waals surface area contributed by atoms with Crippen LogP contribution in [0.4, 0.5) is 0 Å². The highest BCUT2D eigenvalue weighted by Gasteiger charge is 2.39. The Labute approximate surface area is 143 Å². The summed E-state index contributed by atoms with van der Waals surface area (Å²) >= 11 is 2.40.